The van der Waals surface area contributed by atoms with Crippen molar-refractivity contribution in [1.82, 2.24) is 0 Å². The van der Waals surface area contributed by atoms with Crippen LogP contribution in [0.1, 0.15) is 59.3 Å². The number of hydrogen-bond donors (Lipinski definition) is 0. The fourth-order valence-electron chi connectivity index (χ4n) is 1.56. The zero-order valence-electron chi connectivity index (χ0n) is 11.2. The molecule has 0 aliphatic rings. The molecule has 0 aromatic carbocycles. The van der Waals surface area contributed by atoms with Gasteiger partial charge in [0.1, 0.15) is 0 Å². The van der Waals surface area contributed by atoms with Gasteiger partial charge in [0, 0.05) is 13.2 Å². The van der Waals surface area contributed by atoms with E-state index < -0.39 is 0 Å². The van der Waals surface area contributed by atoms with E-state index in [0.717, 1.165) is 6.42 Å². The maximum atomic E-state index is 5.42. The Labute approximate surface area is 101 Å². The highest BCUT2D eigenvalue weighted by atomic mass is 16.7. The van der Waals surface area contributed by atoms with Gasteiger partial charge in [-0.15, -0.1) is 0 Å². The zero-order chi connectivity index (χ0) is 12.1. The third kappa shape index (κ3) is 10.2. The van der Waals surface area contributed by atoms with E-state index in [1.165, 1.54) is 32.1 Å². The van der Waals surface area contributed by atoms with Crippen molar-refractivity contribution < 1.29 is 9.47 Å². The van der Waals surface area contributed by atoms with Crippen LogP contribution in [-0.2, 0) is 9.47 Å². The molecule has 0 amide bonds. The second-order valence-corrected chi connectivity index (χ2v) is 3.91. The van der Waals surface area contributed by atoms with Crippen LogP contribution in [0.25, 0.3) is 0 Å². The lowest BCUT2D eigenvalue weighted by molar-refractivity contribution is -0.104. The molecule has 0 spiro atoms. The molecular formula is C14H28O2. The minimum Gasteiger partial charge on any atom is -0.349 e. The molecule has 0 aromatic rings. The molecule has 0 aliphatic heterocycles. The molecule has 0 saturated heterocycles. The molecule has 0 heterocycles. The lowest BCUT2D eigenvalue weighted by Crippen LogP contribution is -2.14. The van der Waals surface area contributed by atoms with E-state index in [1.807, 2.05) is 19.9 Å². The van der Waals surface area contributed by atoms with Crippen molar-refractivity contribution in [3.63, 3.8) is 0 Å². The molecule has 0 rings (SSSR count). The topological polar surface area (TPSA) is 18.5 Å². The summed E-state index contributed by atoms with van der Waals surface area (Å²) in [5, 5.41) is 0. The van der Waals surface area contributed by atoms with Crippen LogP contribution in [0.3, 0.4) is 0 Å². The summed E-state index contributed by atoms with van der Waals surface area (Å²) in [5.41, 5.74) is 0. The molecule has 16 heavy (non-hydrogen) atoms. The summed E-state index contributed by atoms with van der Waals surface area (Å²) < 4.78 is 10.8. The van der Waals surface area contributed by atoms with E-state index in [2.05, 4.69) is 13.0 Å². The number of ether oxygens (including phenoxy) is 2. The maximum absolute atomic E-state index is 5.42. The summed E-state index contributed by atoms with van der Waals surface area (Å²) in [5.74, 6) is 0. The summed E-state index contributed by atoms with van der Waals surface area (Å²) in [7, 11) is 0. The van der Waals surface area contributed by atoms with E-state index >= 15 is 0 Å². The van der Waals surface area contributed by atoms with Crippen LogP contribution in [0.4, 0.5) is 0 Å². The number of rotatable bonds is 11. The predicted molar refractivity (Wildman–Crippen MR) is 69.6 cm³/mol. The summed E-state index contributed by atoms with van der Waals surface area (Å²) in [4.78, 5) is 0. The average molecular weight is 228 g/mol. The normalized spacial score (nSPS) is 11.8. The molecule has 2 heteroatoms. The quantitative estimate of drug-likeness (QED) is 0.298. The van der Waals surface area contributed by atoms with Gasteiger partial charge in [0.25, 0.3) is 0 Å². The van der Waals surface area contributed by atoms with Crippen molar-refractivity contribution in [2.75, 3.05) is 13.2 Å². The summed E-state index contributed by atoms with van der Waals surface area (Å²) in [6.45, 7) is 7.63. The van der Waals surface area contributed by atoms with Crippen LogP contribution >= 0.6 is 0 Å². The van der Waals surface area contributed by atoms with Crippen molar-refractivity contribution in [3.05, 3.63) is 12.2 Å². The molecule has 0 saturated carbocycles. The van der Waals surface area contributed by atoms with Gasteiger partial charge in [-0.3, -0.25) is 0 Å². The van der Waals surface area contributed by atoms with Crippen molar-refractivity contribution >= 4 is 0 Å². The van der Waals surface area contributed by atoms with Gasteiger partial charge >= 0.3 is 0 Å². The first kappa shape index (κ1) is 15.7. The van der Waals surface area contributed by atoms with Gasteiger partial charge in [-0.25, -0.2) is 0 Å². The van der Waals surface area contributed by atoms with E-state index in [1.54, 1.807) is 0 Å². The van der Waals surface area contributed by atoms with E-state index in [-0.39, 0.29) is 6.29 Å². The van der Waals surface area contributed by atoms with Gasteiger partial charge in [-0.1, -0.05) is 38.7 Å². The Bertz CT molecular complexity index is 149. The van der Waals surface area contributed by atoms with Gasteiger partial charge in [0.05, 0.1) is 0 Å². The predicted octanol–water partition coefficient (Wildman–Crippen LogP) is 4.30. The Kier molecular flexibility index (Phi) is 12.5. The van der Waals surface area contributed by atoms with Gasteiger partial charge in [0.2, 0.25) is 0 Å². The number of allylic oxidation sites excluding steroid dienone is 1. The van der Waals surface area contributed by atoms with Crippen LogP contribution < -0.4 is 0 Å². The second kappa shape index (κ2) is 12.7. The molecule has 96 valence electrons. The molecule has 0 radical (unpaired) electrons. The van der Waals surface area contributed by atoms with Crippen molar-refractivity contribution in [2.24, 2.45) is 0 Å². The molecule has 0 fully saturated rings. The first-order valence-electron chi connectivity index (χ1n) is 6.74. The molecule has 0 aliphatic carbocycles. The highest BCUT2D eigenvalue weighted by molar-refractivity contribution is 4.85. The monoisotopic (exact) mass is 228 g/mol. The van der Waals surface area contributed by atoms with Crippen LogP contribution in [0.15, 0.2) is 12.2 Å². The Balaban J connectivity index is 3.46. The van der Waals surface area contributed by atoms with Crippen LogP contribution in [-0.4, -0.2) is 19.5 Å². The lowest BCUT2D eigenvalue weighted by atomic mass is 10.1. The zero-order valence-corrected chi connectivity index (χ0v) is 11.2. The van der Waals surface area contributed by atoms with Gasteiger partial charge < -0.3 is 9.47 Å². The van der Waals surface area contributed by atoms with E-state index in [9.17, 15) is 0 Å². The Hall–Kier alpha value is -0.340. The molecule has 0 bridgehead atoms. The van der Waals surface area contributed by atoms with Crippen LogP contribution in [0, 0.1) is 0 Å². The lowest BCUT2D eigenvalue weighted by Gasteiger charge is -2.12. The molecule has 0 aromatic heterocycles. The number of unbranched alkanes of at least 4 members (excludes halogenated alkanes) is 5. The minimum absolute atomic E-state index is 0.148. The average Bonchev–Trinajstić information content (AvgIpc) is 2.28. The van der Waals surface area contributed by atoms with Crippen LogP contribution in [0.5, 0.6) is 0 Å². The largest absolute Gasteiger partial charge is 0.349 e. The summed E-state index contributed by atoms with van der Waals surface area (Å²) in [6.07, 6.45) is 11.9. The molecular weight excluding hydrogens is 200 g/mol. The third-order valence-electron chi connectivity index (χ3n) is 2.43. The fraction of sp³-hybridized carbons (Fsp3) is 0.857. The van der Waals surface area contributed by atoms with Gasteiger partial charge in [-0.2, -0.15) is 0 Å². The minimum atomic E-state index is -0.148. The SMILES string of the molecule is CCCCCCCC=CC(OCC)OCC. The first-order valence-corrected chi connectivity index (χ1v) is 6.74. The molecule has 2 nitrogen and oxygen atoms in total. The molecule has 0 unspecified atom stereocenters. The van der Waals surface area contributed by atoms with Crippen LogP contribution in [0.2, 0.25) is 0 Å². The molecule has 0 N–H and O–H groups in total. The number of hydrogen-bond acceptors (Lipinski definition) is 2. The van der Waals surface area contributed by atoms with Gasteiger partial charge in [0.15, 0.2) is 6.29 Å². The standard InChI is InChI=1S/C14H28O2/c1-4-7-8-9-10-11-12-13-14(15-5-2)16-6-3/h12-14H,4-11H2,1-3H3. The van der Waals surface area contributed by atoms with Gasteiger partial charge in [-0.05, 0) is 32.8 Å². The second-order valence-electron chi connectivity index (χ2n) is 3.91. The highest BCUT2D eigenvalue weighted by Gasteiger charge is 2.00. The van der Waals surface area contributed by atoms with Crippen molar-refractivity contribution in [2.45, 2.75) is 65.6 Å². The Morgan fingerprint density at radius 3 is 2.06 bits per heavy atom. The maximum Gasteiger partial charge on any atom is 0.176 e. The summed E-state index contributed by atoms with van der Waals surface area (Å²) in [6, 6.07) is 0. The van der Waals surface area contributed by atoms with E-state index in [0.29, 0.717) is 13.2 Å². The highest BCUT2D eigenvalue weighted by Crippen LogP contribution is 2.06. The Morgan fingerprint density at radius 2 is 1.50 bits per heavy atom. The molecule has 0 atom stereocenters. The smallest absolute Gasteiger partial charge is 0.176 e. The summed E-state index contributed by atoms with van der Waals surface area (Å²) >= 11 is 0. The fourth-order valence-corrected chi connectivity index (χ4v) is 1.56. The first-order chi connectivity index (χ1) is 7.85. The third-order valence-corrected chi connectivity index (χ3v) is 2.43. The van der Waals surface area contributed by atoms with Crippen molar-refractivity contribution in [3.8, 4) is 0 Å². The Morgan fingerprint density at radius 1 is 0.875 bits per heavy atom. The van der Waals surface area contributed by atoms with E-state index in [4.69, 9.17) is 9.47 Å². The van der Waals surface area contributed by atoms with Crippen molar-refractivity contribution in [1.29, 1.82) is 0 Å².